The summed E-state index contributed by atoms with van der Waals surface area (Å²) in [5.41, 5.74) is 5.07. The van der Waals surface area contributed by atoms with Crippen molar-refractivity contribution in [1.29, 1.82) is 0 Å². The number of halogens is 2. The maximum atomic E-state index is 12.0. The van der Waals surface area contributed by atoms with E-state index in [0.717, 1.165) is 5.56 Å². The number of nitrogens with two attached hydrogens (primary N) is 1. The van der Waals surface area contributed by atoms with Gasteiger partial charge in [0, 0.05) is 6.42 Å². The zero-order valence-electron chi connectivity index (χ0n) is 11.1. The van der Waals surface area contributed by atoms with Gasteiger partial charge in [-0.3, -0.25) is 4.79 Å². The summed E-state index contributed by atoms with van der Waals surface area (Å²) in [6.45, 7) is 0.457. The van der Waals surface area contributed by atoms with Crippen LogP contribution in [0.1, 0.15) is 12.5 Å². The lowest BCUT2D eigenvalue weighted by atomic mass is 9.94. The highest BCUT2D eigenvalue weighted by Crippen LogP contribution is 2.16. The Morgan fingerprint density at radius 1 is 1.45 bits per heavy atom. The average Bonchev–Trinajstić information content (AvgIpc) is 2.37. The summed E-state index contributed by atoms with van der Waals surface area (Å²) in [6, 6.07) is 6.62. The van der Waals surface area contributed by atoms with Crippen LogP contribution in [0.2, 0.25) is 0 Å². The summed E-state index contributed by atoms with van der Waals surface area (Å²) in [4.78, 5) is 10.9. The predicted molar refractivity (Wildman–Crippen MR) is 75.1 cm³/mol. The highest BCUT2D eigenvalue weighted by atomic mass is 35.5. The lowest BCUT2D eigenvalue weighted by Gasteiger charge is -2.19. The number of carbonyl (C=O) groups is 1. The fourth-order valence-electron chi connectivity index (χ4n) is 1.44. The Labute approximate surface area is 123 Å². The molecule has 0 saturated heterocycles. The van der Waals surface area contributed by atoms with Crippen molar-refractivity contribution in [3.05, 3.63) is 29.8 Å². The van der Waals surface area contributed by atoms with Crippen molar-refractivity contribution >= 4 is 18.4 Å². The van der Waals surface area contributed by atoms with Crippen LogP contribution in [0.4, 0.5) is 4.39 Å². The smallest absolute Gasteiger partial charge is 0.323 e. The predicted octanol–water partition coefficient (Wildman–Crippen LogP) is 1.16. The fraction of sp³-hybridized carbons (Fsp3) is 0.462. The van der Waals surface area contributed by atoms with E-state index in [1.165, 1.54) is 6.92 Å². The second-order valence-corrected chi connectivity index (χ2v) is 4.66. The van der Waals surface area contributed by atoms with Gasteiger partial charge >= 0.3 is 5.97 Å². The molecule has 1 aromatic carbocycles. The van der Waals surface area contributed by atoms with Crippen LogP contribution < -0.4 is 10.5 Å². The van der Waals surface area contributed by atoms with Gasteiger partial charge in [0.05, 0.1) is 0 Å². The SMILES string of the molecule is C[C@](N)(Cc1ccc(OCC(O)CF)cc1)C(=O)O.Cl. The van der Waals surface area contributed by atoms with Crippen LogP contribution in [0, 0.1) is 0 Å². The molecule has 0 fully saturated rings. The van der Waals surface area contributed by atoms with Crippen LogP contribution in [0.3, 0.4) is 0 Å². The molecule has 5 nitrogen and oxygen atoms in total. The lowest BCUT2D eigenvalue weighted by Crippen LogP contribution is -2.46. The van der Waals surface area contributed by atoms with E-state index >= 15 is 0 Å². The van der Waals surface area contributed by atoms with Crippen molar-refractivity contribution in [2.45, 2.75) is 25.0 Å². The van der Waals surface area contributed by atoms with Crippen LogP contribution in [0.25, 0.3) is 0 Å². The molecule has 0 saturated carbocycles. The Hall–Kier alpha value is -1.37. The molecule has 0 aliphatic heterocycles. The quantitative estimate of drug-likeness (QED) is 0.703. The van der Waals surface area contributed by atoms with Crippen LogP contribution in [-0.4, -0.2) is 41.1 Å². The maximum absolute atomic E-state index is 12.0. The van der Waals surface area contributed by atoms with Crippen LogP contribution in [-0.2, 0) is 11.2 Å². The standard InChI is InChI=1S/C13H18FNO4.ClH/c1-13(15,12(17)18)6-9-2-4-11(5-3-9)19-8-10(16)7-14;/h2-5,10,16H,6-8,15H2,1H3,(H,17,18);1H/t10?,13-;/m0./s1. The third-order valence-corrected chi connectivity index (χ3v) is 2.60. The zero-order chi connectivity index (χ0) is 14.5. The summed E-state index contributed by atoms with van der Waals surface area (Å²) in [6.07, 6.45) is -0.950. The second-order valence-electron chi connectivity index (χ2n) is 4.66. The van der Waals surface area contributed by atoms with E-state index in [9.17, 15) is 9.18 Å². The molecule has 4 N–H and O–H groups in total. The van der Waals surface area contributed by atoms with Crippen molar-refractivity contribution in [3.63, 3.8) is 0 Å². The van der Waals surface area contributed by atoms with Gasteiger partial charge in [0.2, 0.25) is 0 Å². The summed E-state index contributed by atoms with van der Waals surface area (Å²) in [5.74, 6) is -0.593. The molecule has 0 spiro atoms. The number of rotatable bonds is 7. The van der Waals surface area contributed by atoms with Gasteiger partial charge in [-0.15, -0.1) is 12.4 Å². The molecule has 20 heavy (non-hydrogen) atoms. The van der Waals surface area contributed by atoms with Crippen molar-refractivity contribution in [2.24, 2.45) is 5.73 Å². The molecule has 0 amide bonds. The van der Waals surface area contributed by atoms with Crippen molar-refractivity contribution < 1.29 is 24.1 Å². The number of hydrogen-bond donors (Lipinski definition) is 3. The monoisotopic (exact) mass is 307 g/mol. The second kappa shape index (κ2) is 8.04. The number of aliphatic hydroxyl groups is 1. The number of carboxylic acid groups (broad SMARTS) is 1. The molecular formula is C13H19ClFNO4. The minimum absolute atomic E-state index is 0. The summed E-state index contributed by atoms with van der Waals surface area (Å²) in [7, 11) is 0. The molecule has 0 radical (unpaired) electrons. The first kappa shape index (κ1) is 18.6. The molecule has 1 rings (SSSR count). The number of carboxylic acids is 1. The molecule has 1 unspecified atom stereocenters. The van der Waals surface area contributed by atoms with Gasteiger partial charge in [0.1, 0.15) is 30.7 Å². The third kappa shape index (κ3) is 5.73. The number of benzene rings is 1. The first-order valence-corrected chi connectivity index (χ1v) is 5.83. The Bertz CT molecular complexity index is 425. The number of aliphatic hydroxyl groups excluding tert-OH is 1. The number of ether oxygens (including phenoxy) is 1. The highest BCUT2D eigenvalue weighted by molar-refractivity contribution is 5.85. The molecule has 0 heterocycles. The number of alkyl halides is 1. The number of hydrogen-bond acceptors (Lipinski definition) is 4. The summed E-state index contributed by atoms with van der Waals surface area (Å²) >= 11 is 0. The summed E-state index contributed by atoms with van der Waals surface area (Å²) < 4.78 is 17.2. The molecule has 0 bridgehead atoms. The van der Waals surface area contributed by atoms with E-state index in [1.807, 2.05) is 0 Å². The Kier molecular flexibility index (Phi) is 7.49. The average molecular weight is 308 g/mol. The minimum atomic E-state index is -1.33. The van der Waals surface area contributed by atoms with Gasteiger partial charge in [0.15, 0.2) is 0 Å². The normalized spacial score (nSPS) is 14.8. The van der Waals surface area contributed by atoms with Crippen LogP contribution in [0.5, 0.6) is 5.75 Å². The lowest BCUT2D eigenvalue weighted by molar-refractivity contribution is -0.142. The van der Waals surface area contributed by atoms with Gasteiger partial charge < -0.3 is 20.7 Å². The number of aliphatic carboxylic acids is 1. The van der Waals surface area contributed by atoms with Crippen LogP contribution >= 0.6 is 12.4 Å². The van der Waals surface area contributed by atoms with Gasteiger partial charge in [-0.2, -0.15) is 0 Å². The Morgan fingerprint density at radius 2 is 2.00 bits per heavy atom. The van der Waals surface area contributed by atoms with Crippen LogP contribution in [0.15, 0.2) is 24.3 Å². The molecule has 2 atom stereocenters. The van der Waals surface area contributed by atoms with Gasteiger partial charge in [-0.05, 0) is 24.6 Å². The molecule has 7 heteroatoms. The summed E-state index contributed by atoms with van der Waals surface area (Å²) in [5, 5.41) is 17.9. The van der Waals surface area contributed by atoms with E-state index in [-0.39, 0.29) is 25.4 Å². The Balaban J connectivity index is 0.00000361. The largest absolute Gasteiger partial charge is 0.491 e. The van der Waals surface area contributed by atoms with Gasteiger partial charge in [0.25, 0.3) is 0 Å². The van der Waals surface area contributed by atoms with E-state index in [1.54, 1.807) is 24.3 Å². The minimum Gasteiger partial charge on any atom is -0.491 e. The molecule has 0 aliphatic rings. The molecule has 114 valence electrons. The van der Waals surface area contributed by atoms with E-state index in [2.05, 4.69) is 0 Å². The third-order valence-electron chi connectivity index (χ3n) is 2.60. The maximum Gasteiger partial charge on any atom is 0.323 e. The van der Waals surface area contributed by atoms with Crippen molar-refractivity contribution in [1.82, 2.24) is 0 Å². The first-order chi connectivity index (χ1) is 8.85. The molecule has 0 aliphatic carbocycles. The van der Waals surface area contributed by atoms with Gasteiger partial charge in [-0.1, -0.05) is 12.1 Å². The Morgan fingerprint density at radius 3 is 2.45 bits per heavy atom. The topological polar surface area (TPSA) is 92.8 Å². The van der Waals surface area contributed by atoms with Crippen molar-refractivity contribution in [3.8, 4) is 5.75 Å². The fourth-order valence-corrected chi connectivity index (χ4v) is 1.44. The molecular weight excluding hydrogens is 289 g/mol. The van der Waals surface area contributed by atoms with Crippen molar-refractivity contribution in [2.75, 3.05) is 13.3 Å². The first-order valence-electron chi connectivity index (χ1n) is 5.83. The van der Waals surface area contributed by atoms with Gasteiger partial charge in [-0.25, -0.2) is 4.39 Å². The van der Waals surface area contributed by atoms with E-state index < -0.39 is 24.3 Å². The highest BCUT2D eigenvalue weighted by Gasteiger charge is 2.27. The van der Waals surface area contributed by atoms with E-state index in [4.69, 9.17) is 20.7 Å². The zero-order valence-corrected chi connectivity index (χ0v) is 11.9. The molecule has 0 aromatic heterocycles. The molecule has 1 aromatic rings. The van der Waals surface area contributed by atoms with E-state index in [0.29, 0.717) is 5.75 Å².